The standard InChI is InChI=1S/C12H16N2/c13-12(9-5-7-14-8-6-9)10-3-1-2-4-11(10)12/h5-8,10-11H,1-4,13H2. The third-order valence-electron chi connectivity index (χ3n) is 4.06. The summed E-state index contributed by atoms with van der Waals surface area (Å²) in [6.45, 7) is 0. The number of hydrogen-bond donors (Lipinski definition) is 1. The van der Waals surface area contributed by atoms with Crippen LogP contribution in [-0.2, 0) is 5.54 Å². The van der Waals surface area contributed by atoms with Gasteiger partial charge in [0.25, 0.3) is 0 Å². The molecule has 3 rings (SSSR count). The Labute approximate surface area is 84.5 Å². The van der Waals surface area contributed by atoms with Crippen molar-refractivity contribution in [3.63, 3.8) is 0 Å². The maximum absolute atomic E-state index is 6.49. The molecule has 2 N–H and O–H groups in total. The van der Waals surface area contributed by atoms with Gasteiger partial charge in [0.2, 0.25) is 0 Å². The molecule has 2 fully saturated rings. The number of aromatic nitrogens is 1. The largest absolute Gasteiger partial charge is 0.321 e. The molecular weight excluding hydrogens is 172 g/mol. The van der Waals surface area contributed by atoms with Crippen molar-refractivity contribution in [2.24, 2.45) is 17.6 Å². The second kappa shape index (κ2) is 2.80. The molecule has 2 aliphatic carbocycles. The van der Waals surface area contributed by atoms with Gasteiger partial charge in [-0.1, -0.05) is 12.8 Å². The summed E-state index contributed by atoms with van der Waals surface area (Å²) in [6, 6.07) is 4.16. The van der Waals surface area contributed by atoms with Gasteiger partial charge in [-0.25, -0.2) is 0 Å². The third kappa shape index (κ3) is 0.976. The predicted molar refractivity (Wildman–Crippen MR) is 55.6 cm³/mol. The summed E-state index contributed by atoms with van der Waals surface area (Å²) in [6.07, 6.45) is 9.09. The summed E-state index contributed by atoms with van der Waals surface area (Å²) in [5.74, 6) is 1.50. The summed E-state index contributed by atoms with van der Waals surface area (Å²) in [4.78, 5) is 4.05. The van der Waals surface area contributed by atoms with E-state index in [0.717, 1.165) is 11.8 Å². The zero-order chi connectivity index (χ0) is 9.60. The lowest BCUT2D eigenvalue weighted by molar-refractivity contribution is 0.480. The molecule has 14 heavy (non-hydrogen) atoms. The van der Waals surface area contributed by atoms with Crippen LogP contribution in [0.2, 0.25) is 0 Å². The molecule has 1 aromatic heterocycles. The Kier molecular flexibility index (Phi) is 1.68. The normalized spacial score (nSPS) is 40.4. The van der Waals surface area contributed by atoms with Crippen LogP contribution >= 0.6 is 0 Å². The SMILES string of the molecule is NC1(c2ccncc2)C2CCCCC21. The summed E-state index contributed by atoms with van der Waals surface area (Å²) in [5, 5.41) is 0. The lowest BCUT2D eigenvalue weighted by atomic mass is 10.0. The quantitative estimate of drug-likeness (QED) is 0.732. The van der Waals surface area contributed by atoms with Gasteiger partial charge in [0, 0.05) is 17.9 Å². The van der Waals surface area contributed by atoms with Crippen LogP contribution < -0.4 is 5.73 Å². The first-order chi connectivity index (χ1) is 6.83. The van der Waals surface area contributed by atoms with Crippen LogP contribution in [0.5, 0.6) is 0 Å². The van der Waals surface area contributed by atoms with E-state index in [4.69, 9.17) is 5.73 Å². The molecule has 2 unspecified atom stereocenters. The summed E-state index contributed by atoms with van der Waals surface area (Å²) >= 11 is 0. The molecule has 0 amide bonds. The molecule has 1 aromatic rings. The van der Waals surface area contributed by atoms with Crippen LogP contribution in [0.1, 0.15) is 31.2 Å². The fourth-order valence-corrected chi connectivity index (χ4v) is 3.24. The zero-order valence-corrected chi connectivity index (χ0v) is 8.32. The van der Waals surface area contributed by atoms with E-state index in [1.807, 2.05) is 12.4 Å². The number of nitrogens with zero attached hydrogens (tertiary/aromatic N) is 1. The van der Waals surface area contributed by atoms with Crippen LogP contribution in [0.15, 0.2) is 24.5 Å². The van der Waals surface area contributed by atoms with Crippen molar-refractivity contribution in [3.8, 4) is 0 Å². The molecule has 0 aromatic carbocycles. The summed E-state index contributed by atoms with van der Waals surface area (Å²) in [5.41, 5.74) is 7.78. The van der Waals surface area contributed by atoms with E-state index in [1.54, 1.807) is 0 Å². The maximum atomic E-state index is 6.49. The minimum Gasteiger partial charge on any atom is -0.321 e. The third-order valence-corrected chi connectivity index (χ3v) is 4.06. The van der Waals surface area contributed by atoms with Crippen molar-refractivity contribution in [2.75, 3.05) is 0 Å². The first-order valence-corrected chi connectivity index (χ1v) is 5.53. The van der Waals surface area contributed by atoms with Gasteiger partial charge in [-0.3, -0.25) is 4.98 Å². The minimum atomic E-state index is -0.000556. The Morgan fingerprint density at radius 1 is 1.14 bits per heavy atom. The highest BCUT2D eigenvalue weighted by Crippen LogP contribution is 2.62. The lowest BCUT2D eigenvalue weighted by Crippen LogP contribution is -2.23. The molecule has 1 heterocycles. The number of fused-ring (bicyclic) bond motifs is 1. The van der Waals surface area contributed by atoms with Gasteiger partial charge in [-0.2, -0.15) is 0 Å². The molecule has 0 saturated heterocycles. The van der Waals surface area contributed by atoms with E-state index in [1.165, 1.54) is 31.2 Å². The number of nitrogens with two attached hydrogens (primary N) is 1. The molecule has 0 spiro atoms. The molecular formula is C12H16N2. The average Bonchev–Trinajstić information content (AvgIpc) is 2.89. The molecule has 2 atom stereocenters. The van der Waals surface area contributed by atoms with E-state index in [9.17, 15) is 0 Å². The highest BCUT2D eigenvalue weighted by Gasteiger charge is 2.62. The van der Waals surface area contributed by atoms with Crippen molar-refractivity contribution in [2.45, 2.75) is 31.2 Å². The van der Waals surface area contributed by atoms with Crippen molar-refractivity contribution in [1.82, 2.24) is 4.98 Å². The van der Waals surface area contributed by atoms with Gasteiger partial charge in [-0.15, -0.1) is 0 Å². The monoisotopic (exact) mass is 188 g/mol. The van der Waals surface area contributed by atoms with E-state index in [2.05, 4.69) is 17.1 Å². The van der Waals surface area contributed by atoms with Gasteiger partial charge in [-0.05, 0) is 42.4 Å². The Hall–Kier alpha value is -0.890. The topological polar surface area (TPSA) is 38.9 Å². The number of hydrogen-bond acceptors (Lipinski definition) is 2. The van der Waals surface area contributed by atoms with Gasteiger partial charge >= 0.3 is 0 Å². The van der Waals surface area contributed by atoms with E-state index >= 15 is 0 Å². The fraction of sp³-hybridized carbons (Fsp3) is 0.583. The number of rotatable bonds is 1. The second-order valence-electron chi connectivity index (χ2n) is 4.67. The van der Waals surface area contributed by atoms with Crippen LogP contribution in [0.4, 0.5) is 0 Å². The van der Waals surface area contributed by atoms with E-state index in [-0.39, 0.29) is 5.54 Å². The highest BCUT2D eigenvalue weighted by atomic mass is 14.9. The highest BCUT2D eigenvalue weighted by molar-refractivity contribution is 5.33. The Morgan fingerprint density at radius 3 is 2.29 bits per heavy atom. The Morgan fingerprint density at radius 2 is 1.71 bits per heavy atom. The van der Waals surface area contributed by atoms with Gasteiger partial charge in [0.1, 0.15) is 0 Å². The first kappa shape index (κ1) is 8.42. The van der Waals surface area contributed by atoms with Crippen molar-refractivity contribution in [1.29, 1.82) is 0 Å². The zero-order valence-electron chi connectivity index (χ0n) is 8.32. The maximum Gasteiger partial charge on any atom is 0.0474 e. The van der Waals surface area contributed by atoms with Crippen LogP contribution in [0, 0.1) is 11.8 Å². The molecule has 0 aliphatic heterocycles. The first-order valence-electron chi connectivity index (χ1n) is 5.53. The minimum absolute atomic E-state index is 0.000556. The fourth-order valence-electron chi connectivity index (χ4n) is 3.24. The van der Waals surface area contributed by atoms with Gasteiger partial charge in [0.15, 0.2) is 0 Å². The molecule has 2 saturated carbocycles. The average molecular weight is 188 g/mol. The lowest BCUT2D eigenvalue weighted by Gasteiger charge is -2.11. The molecule has 2 heteroatoms. The summed E-state index contributed by atoms with van der Waals surface area (Å²) < 4.78 is 0. The van der Waals surface area contributed by atoms with Crippen LogP contribution in [-0.4, -0.2) is 4.98 Å². The predicted octanol–water partition coefficient (Wildman–Crippen LogP) is 2.06. The summed E-state index contributed by atoms with van der Waals surface area (Å²) in [7, 11) is 0. The van der Waals surface area contributed by atoms with Crippen molar-refractivity contribution >= 4 is 0 Å². The molecule has 0 bridgehead atoms. The smallest absolute Gasteiger partial charge is 0.0474 e. The Balaban J connectivity index is 1.92. The van der Waals surface area contributed by atoms with E-state index in [0.29, 0.717) is 0 Å². The van der Waals surface area contributed by atoms with Crippen LogP contribution in [0.3, 0.4) is 0 Å². The van der Waals surface area contributed by atoms with Gasteiger partial charge in [0.05, 0.1) is 0 Å². The van der Waals surface area contributed by atoms with Gasteiger partial charge < -0.3 is 5.73 Å². The second-order valence-corrected chi connectivity index (χ2v) is 4.67. The number of pyridine rings is 1. The molecule has 74 valence electrons. The molecule has 0 radical (unpaired) electrons. The van der Waals surface area contributed by atoms with Crippen LogP contribution in [0.25, 0.3) is 0 Å². The van der Waals surface area contributed by atoms with Crippen molar-refractivity contribution in [3.05, 3.63) is 30.1 Å². The van der Waals surface area contributed by atoms with E-state index < -0.39 is 0 Å². The molecule has 2 nitrogen and oxygen atoms in total. The molecule has 2 aliphatic rings. The van der Waals surface area contributed by atoms with Crippen molar-refractivity contribution < 1.29 is 0 Å². The Bertz CT molecular complexity index is 321.